The lowest BCUT2D eigenvalue weighted by Gasteiger charge is -2.18. The maximum atomic E-state index is 12.4. The van der Waals surface area contributed by atoms with E-state index in [2.05, 4.69) is 10.6 Å². The maximum Gasteiger partial charge on any atom is 0.335 e. The van der Waals surface area contributed by atoms with Gasteiger partial charge in [-0.2, -0.15) is 0 Å². The van der Waals surface area contributed by atoms with E-state index in [1.807, 2.05) is 13.8 Å². The fourth-order valence-electron chi connectivity index (χ4n) is 2.10. The van der Waals surface area contributed by atoms with Crippen molar-refractivity contribution in [1.29, 1.82) is 0 Å². The van der Waals surface area contributed by atoms with Crippen molar-refractivity contribution < 1.29 is 28.6 Å². The van der Waals surface area contributed by atoms with Crippen LogP contribution in [0.15, 0.2) is 41.0 Å². The molecule has 0 saturated heterocycles. The number of carbonyl (C=O) groups excluding carboxylic acids is 2. The molecule has 0 aliphatic heterocycles. The third kappa shape index (κ3) is 4.85. The van der Waals surface area contributed by atoms with Crippen molar-refractivity contribution in [3.8, 4) is 5.75 Å². The van der Waals surface area contributed by atoms with Gasteiger partial charge in [0, 0.05) is 0 Å². The fraction of sp³-hybridized carbons (Fsp3) is 0.278. The molecule has 1 heterocycles. The molecule has 8 nitrogen and oxygen atoms in total. The van der Waals surface area contributed by atoms with Gasteiger partial charge in [0.1, 0.15) is 11.8 Å². The molecule has 1 aromatic heterocycles. The Hall–Kier alpha value is -3.29. The fourth-order valence-corrected chi connectivity index (χ4v) is 2.10. The summed E-state index contributed by atoms with van der Waals surface area (Å²) in [6.45, 7) is 5.12. The van der Waals surface area contributed by atoms with Crippen molar-refractivity contribution in [3.63, 3.8) is 0 Å². The van der Waals surface area contributed by atoms with Crippen molar-refractivity contribution in [2.24, 2.45) is 0 Å². The number of hydrogen-bond acceptors (Lipinski definition) is 5. The van der Waals surface area contributed by atoms with Crippen molar-refractivity contribution in [3.05, 3.63) is 47.9 Å². The summed E-state index contributed by atoms with van der Waals surface area (Å²) in [4.78, 5) is 35.5. The smallest absolute Gasteiger partial charge is 0.335 e. The van der Waals surface area contributed by atoms with Crippen molar-refractivity contribution in [1.82, 2.24) is 5.32 Å². The van der Waals surface area contributed by atoms with Crippen LogP contribution >= 0.6 is 0 Å². The average Bonchev–Trinajstić information content (AvgIpc) is 3.10. The Balaban J connectivity index is 2.14. The van der Waals surface area contributed by atoms with E-state index in [1.54, 1.807) is 6.07 Å². The van der Waals surface area contributed by atoms with Gasteiger partial charge < -0.3 is 24.9 Å². The number of carbonyl (C=O) groups is 3. The van der Waals surface area contributed by atoms with E-state index in [1.165, 1.54) is 37.5 Å². The normalized spacial score (nSPS) is 11.7. The summed E-state index contributed by atoms with van der Waals surface area (Å²) in [5.41, 5.74) is 0.214. The summed E-state index contributed by atoms with van der Waals surface area (Å²) in [6, 6.07) is 6.33. The minimum atomic E-state index is -1.13. The van der Waals surface area contributed by atoms with Gasteiger partial charge in [0.15, 0.2) is 5.76 Å². The van der Waals surface area contributed by atoms with Crippen LogP contribution in [-0.4, -0.2) is 35.0 Å². The molecule has 0 saturated carbocycles. The van der Waals surface area contributed by atoms with Crippen LogP contribution < -0.4 is 15.4 Å². The monoisotopic (exact) mass is 360 g/mol. The van der Waals surface area contributed by atoms with Gasteiger partial charge in [-0.05, 0) is 51.1 Å². The molecular weight excluding hydrogens is 340 g/mol. The molecule has 8 heteroatoms. The SMILES string of the molecule is CC(C)Oc1ccc(C(=O)O)cc1NC(=O)C(C)NC(=O)c1ccco1. The highest BCUT2D eigenvalue weighted by Crippen LogP contribution is 2.27. The van der Waals surface area contributed by atoms with E-state index in [0.717, 1.165) is 0 Å². The second-order valence-electron chi connectivity index (χ2n) is 5.84. The zero-order chi connectivity index (χ0) is 19.3. The number of aromatic carboxylic acids is 1. The van der Waals surface area contributed by atoms with Crippen LogP contribution in [-0.2, 0) is 4.79 Å². The highest BCUT2D eigenvalue weighted by Gasteiger charge is 2.20. The molecule has 0 aliphatic rings. The van der Waals surface area contributed by atoms with Gasteiger partial charge in [0.05, 0.1) is 23.6 Å². The molecule has 2 rings (SSSR count). The molecule has 0 spiro atoms. The number of anilines is 1. The van der Waals surface area contributed by atoms with Gasteiger partial charge >= 0.3 is 5.97 Å². The zero-order valence-electron chi connectivity index (χ0n) is 14.6. The second kappa shape index (κ2) is 8.19. The van der Waals surface area contributed by atoms with Crippen molar-refractivity contribution in [2.45, 2.75) is 32.9 Å². The van der Waals surface area contributed by atoms with Gasteiger partial charge in [-0.3, -0.25) is 9.59 Å². The van der Waals surface area contributed by atoms with Crippen LogP contribution in [0.3, 0.4) is 0 Å². The number of ether oxygens (including phenoxy) is 1. The van der Waals surface area contributed by atoms with Gasteiger partial charge in [-0.25, -0.2) is 4.79 Å². The summed E-state index contributed by atoms with van der Waals surface area (Å²) in [5, 5.41) is 14.2. The topological polar surface area (TPSA) is 118 Å². The number of nitrogens with one attached hydrogen (secondary N) is 2. The summed E-state index contributed by atoms with van der Waals surface area (Å²) in [6.07, 6.45) is 1.18. The lowest BCUT2D eigenvalue weighted by Crippen LogP contribution is -2.41. The Bertz CT molecular complexity index is 798. The molecule has 1 atom stereocenters. The Morgan fingerprint density at radius 3 is 2.46 bits per heavy atom. The summed E-state index contributed by atoms with van der Waals surface area (Å²) in [7, 11) is 0. The third-order valence-corrected chi connectivity index (χ3v) is 3.33. The first-order valence-corrected chi connectivity index (χ1v) is 7.97. The molecule has 0 bridgehead atoms. The van der Waals surface area contributed by atoms with E-state index in [9.17, 15) is 14.4 Å². The predicted octanol–water partition coefficient (Wildman–Crippen LogP) is 2.52. The van der Waals surface area contributed by atoms with Crippen LogP contribution in [0.2, 0.25) is 0 Å². The van der Waals surface area contributed by atoms with Gasteiger partial charge in [-0.1, -0.05) is 0 Å². The Morgan fingerprint density at radius 1 is 1.15 bits per heavy atom. The van der Waals surface area contributed by atoms with Crippen LogP contribution in [0.1, 0.15) is 41.7 Å². The van der Waals surface area contributed by atoms with Gasteiger partial charge in [-0.15, -0.1) is 0 Å². The molecule has 1 unspecified atom stereocenters. The number of carboxylic acid groups (broad SMARTS) is 1. The first-order valence-electron chi connectivity index (χ1n) is 7.97. The van der Waals surface area contributed by atoms with E-state index in [-0.39, 0.29) is 23.1 Å². The Morgan fingerprint density at radius 2 is 1.88 bits per heavy atom. The number of amides is 2. The first-order chi connectivity index (χ1) is 12.3. The quantitative estimate of drug-likeness (QED) is 0.698. The van der Waals surface area contributed by atoms with Gasteiger partial charge in [0.2, 0.25) is 5.91 Å². The number of benzene rings is 1. The Kier molecular flexibility index (Phi) is 6.00. The largest absolute Gasteiger partial charge is 0.489 e. The van der Waals surface area contributed by atoms with Crippen molar-refractivity contribution >= 4 is 23.5 Å². The molecular formula is C18H20N2O6. The lowest BCUT2D eigenvalue weighted by atomic mass is 10.1. The molecule has 138 valence electrons. The van der Waals surface area contributed by atoms with E-state index in [4.69, 9.17) is 14.3 Å². The molecule has 26 heavy (non-hydrogen) atoms. The summed E-state index contributed by atoms with van der Waals surface area (Å²) < 4.78 is 10.6. The highest BCUT2D eigenvalue weighted by atomic mass is 16.5. The third-order valence-electron chi connectivity index (χ3n) is 3.33. The first kappa shape index (κ1) is 19.0. The van der Waals surface area contributed by atoms with Crippen molar-refractivity contribution in [2.75, 3.05) is 5.32 Å². The molecule has 1 aromatic carbocycles. The van der Waals surface area contributed by atoms with Crippen LogP contribution in [0.25, 0.3) is 0 Å². The highest BCUT2D eigenvalue weighted by molar-refractivity contribution is 6.01. The Labute approximate surface area is 150 Å². The predicted molar refractivity (Wildman–Crippen MR) is 93.4 cm³/mol. The molecule has 0 aliphatic carbocycles. The van der Waals surface area contributed by atoms with Crippen LogP contribution in [0, 0.1) is 0 Å². The standard InChI is InChI=1S/C18H20N2O6/c1-10(2)26-14-7-6-12(18(23)24)9-13(14)20-16(21)11(3)19-17(22)15-5-4-8-25-15/h4-11H,1-3H3,(H,19,22)(H,20,21)(H,23,24). The lowest BCUT2D eigenvalue weighted by molar-refractivity contribution is -0.117. The number of rotatable bonds is 7. The van der Waals surface area contributed by atoms with E-state index in [0.29, 0.717) is 5.75 Å². The number of carboxylic acids is 1. The molecule has 2 amide bonds. The maximum absolute atomic E-state index is 12.4. The zero-order valence-corrected chi connectivity index (χ0v) is 14.6. The van der Waals surface area contributed by atoms with Gasteiger partial charge in [0.25, 0.3) is 5.91 Å². The summed E-state index contributed by atoms with van der Waals surface area (Å²) >= 11 is 0. The molecule has 0 fully saturated rings. The van der Waals surface area contributed by atoms with E-state index < -0.39 is 23.8 Å². The second-order valence-corrected chi connectivity index (χ2v) is 5.84. The summed E-state index contributed by atoms with van der Waals surface area (Å²) in [5.74, 6) is -1.77. The molecule has 0 radical (unpaired) electrons. The van der Waals surface area contributed by atoms with Crippen LogP contribution in [0.5, 0.6) is 5.75 Å². The minimum absolute atomic E-state index is 0.00341. The molecule has 3 N–H and O–H groups in total. The van der Waals surface area contributed by atoms with Crippen LogP contribution in [0.4, 0.5) is 5.69 Å². The average molecular weight is 360 g/mol. The number of furan rings is 1. The number of hydrogen-bond donors (Lipinski definition) is 3. The molecule has 2 aromatic rings. The minimum Gasteiger partial charge on any atom is -0.489 e. The van der Waals surface area contributed by atoms with E-state index >= 15 is 0 Å².